The standard InChI is InChI=1S/C15H19NO2S/c1-15(2,3)14-16-11(9-19-14)10-6-7-12(17-4)13(8-10)18-5/h6-9H,1-5H3. The highest BCUT2D eigenvalue weighted by Crippen LogP contribution is 2.34. The molecule has 0 unspecified atom stereocenters. The molecule has 0 saturated carbocycles. The second-order valence-corrected chi connectivity index (χ2v) is 6.22. The van der Waals surface area contributed by atoms with Crippen LogP contribution >= 0.6 is 11.3 Å². The van der Waals surface area contributed by atoms with Gasteiger partial charge in [0.1, 0.15) is 0 Å². The third-order valence-electron chi connectivity index (χ3n) is 2.83. The van der Waals surface area contributed by atoms with Crippen LogP contribution in [0.3, 0.4) is 0 Å². The van der Waals surface area contributed by atoms with Crippen molar-refractivity contribution in [3.8, 4) is 22.8 Å². The van der Waals surface area contributed by atoms with Gasteiger partial charge in [0, 0.05) is 16.4 Å². The molecule has 0 bridgehead atoms. The van der Waals surface area contributed by atoms with Crippen LogP contribution in [0.1, 0.15) is 25.8 Å². The van der Waals surface area contributed by atoms with E-state index in [1.54, 1.807) is 25.6 Å². The van der Waals surface area contributed by atoms with E-state index in [0.29, 0.717) is 0 Å². The third kappa shape index (κ3) is 2.89. The average Bonchev–Trinajstić information content (AvgIpc) is 2.87. The summed E-state index contributed by atoms with van der Waals surface area (Å²) in [6, 6.07) is 5.87. The van der Waals surface area contributed by atoms with Crippen LogP contribution in [-0.2, 0) is 5.41 Å². The number of methoxy groups -OCH3 is 2. The van der Waals surface area contributed by atoms with Crippen molar-refractivity contribution in [1.29, 1.82) is 0 Å². The summed E-state index contributed by atoms with van der Waals surface area (Å²) >= 11 is 1.69. The lowest BCUT2D eigenvalue weighted by Crippen LogP contribution is -2.10. The fraction of sp³-hybridized carbons (Fsp3) is 0.400. The topological polar surface area (TPSA) is 31.4 Å². The van der Waals surface area contributed by atoms with Crippen molar-refractivity contribution in [3.63, 3.8) is 0 Å². The molecule has 1 aromatic heterocycles. The van der Waals surface area contributed by atoms with Gasteiger partial charge in [-0.3, -0.25) is 0 Å². The lowest BCUT2D eigenvalue weighted by Gasteiger charge is -2.13. The molecule has 0 radical (unpaired) electrons. The first-order valence-corrected chi connectivity index (χ1v) is 7.02. The zero-order chi connectivity index (χ0) is 14.0. The minimum absolute atomic E-state index is 0.0828. The predicted molar refractivity (Wildman–Crippen MR) is 79.4 cm³/mol. The van der Waals surface area contributed by atoms with E-state index in [9.17, 15) is 0 Å². The van der Waals surface area contributed by atoms with Crippen molar-refractivity contribution in [1.82, 2.24) is 4.98 Å². The Morgan fingerprint density at radius 1 is 1.05 bits per heavy atom. The Hall–Kier alpha value is -1.55. The molecule has 0 amide bonds. The molecule has 4 heteroatoms. The van der Waals surface area contributed by atoms with E-state index in [1.165, 1.54) is 0 Å². The van der Waals surface area contributed by atoms with Crippen molar-refractivity contribution in [2.75, 3.05) is 14.2 Å². The number of thiazole rings is 1. The molecule has 3 nitrogen and oxygen atoms in total. The maximum atomic E-state index is 5.32. The molecule has 0 N–H and O–H groups in total. The monoisotopic (exact) mass is 277 g/mol. The van der Waals surface area contributed by atoms with Gasteiger partial charge in [0.05, 0.1) is 24.9 Å². The first-order chi connectivity index (χ1) is 8.95. The lowest BCUT2D eigenvalue weighted by molar-refractivity contribution is 0.355. The Morgan fingerprint density at radius 3 is 2.26 bits per heavy atom. The van der Waals surface area contributed by atoms with Gasteiger partial charge < -0.3 is 9.47 Å². The zero-order valence-electron chi connectivity index (χ0n) is 12.0. The van der Waals surface area contributed by atoms with Gasteiger partial charge in [-0.15, -0.1) is 11.3 Å². The summed E-state index contributed by atoms with van der Waals surface area (Å²) in [5.41, 5.74) is 2.11. The Balaban J connectivity index is 2.39. The quantitative estimate of drug-likeness (QED) is 0.845. The van der Waals surface area contributed by atoms with Crippen LogP contribution in [0.4, 0.5) is 0 Å². The summed E-state index contributed by atoms with van der Waals surface area (Å²) in [5.74, 6) is 1.46. The van der Waals surface area contributed by atoms with Crippen molar-refractivity contribution < 1.29 is 9.47 Å². The molecule has 0 spiro atoms. The molecule has 2 rings (SSSR count). The number of nitrogens with zero attached hydrogens (tertiary/aromatic N) is 1. The fourth-order valence-electron chi connectivity index (χ4n) is 1.75. The van der Waals surface area contributed by atoms with Crippen LogP contribution in [0.5, 0.6) is 11.5 Å². The molecule has 0 saturated heterocycles. The molecule has 0 aliphatic rings. The molecular formula is C15H19NO2S. The van der Waals surface area contributed by atoms with Gasteiger partial charge in [-0.2, -0.15) is 0 Å². The Labute approximate surface area is 118 Å². The molecule has 1 heterocycles. The number of hydrogen-bond donors (Lipinski definition) is 0. The molecule has 102 valence electrons. The Kier molecular flexibility index (Phi) is 3.80. The summed E-state index contributed by atoms with van der Waals surface area (Å²) < 4.78 is 10.6. The van der Waals surface area contributed by atoms with Crippen LogP contribution in [0.2, 0.25) is 0 Å². The maximum absolute atomic E-state index is 5.32. The molecular weight excluding hydrogens is 258 g/mol. The number of aromatic nitrogens is 1. The molecule has 2 aromatic rings. The normalized spacial score (nSPS) is 11.4. The van der Waals surface area contributed by atoms with E-state index in [0.717, 1.165) is 27.8 Å². The van der Waals surface area contributed by atoms with Gasteiger partial charge in [-0.05, 0) is 18.2 Å². The van der Waals surface area contributed by atoms with Crippen LogP contribution in [-0.4, -0.2) is 19.2 Å². The van der Waals surface area contributed by atoms with E-state index >= 15 is 0 Å². The molecule has 0 fully saturated rings. The fourth-order valence-corrected chi connectivity index (χ4v) is 2.66. The van der Waals surface area contributed by atoms with Gasteiger partial charge in [0.2, 0.25) is 0 Å². The van der Waals surface area contributed by atoms with Crippen molar-refractivity contribution in [2.45, 2.75) is 26.2 Å². The van der Waals surface area contributed by atoms with Crippen LogP contribution in [0.25, 0.3) is 11.3 Å². The second-order valence-electron chi connectivity index (χ2n) is 5.36. The molecule has 0 aliphatic carbocycles. The minimum Gasteiger partial charge on any atom is -0.493 e. The van der Waals surface area contributed by atoms with Crippen LogP contribution in [0, 0.1) is 0 Å². The molecule has 0 atom stereocenters. The summed E-state index contributed by atoms with van der Waals surface area (Å²) in [6.45, 7) is 6.51. The molecule has 19 heavy (non-hydrogen) atoms. The average molecular weight is 277 g/mol. The zero-order valence-corrected chi connectivity index (χ0v) is 12.8. The Bertz CT molecular complexity index is 570. The van der Waals surface area contributed by atoms with Crippen molar-refractivity contribution >= 4 is 11.3 Å². The van der Waals surface area contributed by atoms with Crippen LogP contribution in [0.15, 0.2) is 23.6 Å². The van der Waals surface area contributed by atoms with Gasteiger partial charge in [-0.1, -0.05) is 20.8 Å². The van der Waals surface area contributed by atoms with E-state index in [2.05, 4.69) is 26.2 Å². The predicted octanol–water partition coefficient (Wildman–Crippen LogP) is 4.12. The second kappa shape index (κ2) is 5.21. The Morgan fingerprint density at radius 2 is 1.74 bits per heavy atom. The highest BCUT2D eigenvalue weighted by molar-refractivity contribution is 7.10. The van der Waals surface area contributed by atoms with E-state index in [1.807, 2.05) is 18.2 Å². The van der Waals surface area contributed by atoms with E-state index in [4.69, 9.17) is 14.5 Å². The lowest BCUT2D eigenvalue weighted by atomic mass is 9.98. The highest BCUT2D eigenvalue weighted by atomic mass is 32.1. The van der Waals surface area contributed by atoms with Gasteiger partial charge in [0.25, 0.3) is 0 Å². The van der Waals surface area contributed by atoms with Crippen molar-refractivity contribution in [2.24, 2.45) is 0 Å². The summed E-state index contributed by atoms with van der Waals surface area (Å²) in [5, 5.41) is 3.22. The molecule has 1 aromatic carbocycles. The summed E-state index contributed by atoms with van der Waals surface area (Å²) in [7, 11) is 3.28. The SMILES string of the molecule is COc1ccc(-c2csc(C(C)(C)C)n2)cc1OC. The van der Waals surface area contributed by atoms with Gasteiger partial charge in [-0.25, -0.2) is 4.98 Å². The number of ether oxygens (including phenoxy) is 2. The van der Waals surface area contributed by atoms with Gasteiger partial charge >= 0.3 is 0 Å². The third-order valence-corrected chi connectivity index (χ3v) is 4.09. The molecule has 0 aliphatic heterocycles. The maximum Gasteiger partial charge on any atom is 0.161 e. The largest absolute Gasteiger partial charge is 0.493 e. The highest BCUT2D eigenvalue weighted by Gasteiger charge is 2.18. The first kappa shape index (κ1) is 13.9. The number of benzene rings is 1. The number of rotatable bonds is 3. The van der Waals surface area contributed by atoms with Crippen molar-refractivity contribution in [3.05, 3.63) is 28.6 Å². The van der Waals surface area contributed by atoms with Crippen LogP contribution < -0.4 is 9.47 Å². The van der Waals surface area contributed by atoms with E-state index in [-0.39, 0.29) is 5.41 Å². The summed E-state index contributed by atoms with van der Waals surface area (Å²) in [4.78, 5) is 4.70. The van der Waals surface area contributed by atoms with E-state index < -0.39 is 0 Å². The summed E-state index contributed by atoms with van der Waals surface area (Å²) in [6.07, 6.45) is 0. The first-order valence-electron chi connectivity index (χ1n) is 6.14. The smallest absolute Gasteiger partial charge is 0.161 e. The minimum atomic E-state index is 0.0828. The number of hydrogen-bond acceptors (Lipinski definition) is 4. The van der Waals surface area contributed by atoms with Gasteiger partial charge in [0.15, 0.2) is 11.5 Å².